The van der Waals surface area contributed by atoms with Gasteiger partial charge in [0.1, 0.15) is 23.9 Å². The van der Waals surface area contributed by atoms with Gasteiger partial charge in [0.2, 0.25) is 0 Å². The molecule has 0 radical (unpaired) electrons. The molecule has 2 aromatic rings. The zero-order chi connectivity index (χ0) is 16.2. The van der Waals surface area contributed by atoms with Crippen molar-refractivity contribution in [3.63, 3.8) is 0 Å². The summed E-state index contributed by atoms with van der Waals surface area (Å²) < 4.78 is 0. The Hall–Kier alpha value is -3.21. The molecule has 8 heteroatoms. The predicted octanol–water partition coefficient (Wildman–Crippen LogP) is 1.58. The highest BCUT2D eigenvalue weighted by molar-refractivity contribution is 5.47. The number of nitriles is 1. The maximum absolute atomic E-state index is 10.7. The second kappa shape index (κ2) is 6.27. The van der Waals surface area contributed by atoms with Crippen molar-refractivity contribution in [2.24, 2.45) is 0 Å². The molecule has 0 atom stereocenters. The molecule has 8 nitrogen and oxygen atoms in total. The average Bonchev–Trinajstić information content (AvgIpc) is 2.62. The normalized spacial score (nSPS) is 14.4. The van der Waals surface area contributed by atoms with Crippen LogP contribution >= 0.6 is 0 Å². The molecule has 0 saturated carbocycles. The lowest BCUT2D eigenvalue weighted by Crippen LogP contribution is -2.47. The van der Waals surface area contributed by atoms with Crippen LogP contribution < -0.4 is 9.80 Å². The fourth-order valence-electron chi connectivity index (χ4n) is 2.48. The van der Waals surface area contributed by atoms with E-state index in [2.05, 4.69) is 25.8 Å². The Labute approximate surface area is 132 Å². The van der Waals surface area contributed by atoms with Gasteiger partial charge < -0.3 is 9.80 Å². The van der Waals surface area contributed by atoms with Crippen LogP contribution in [0.5, 0.6) is 0 Å². The van der Waals surface area contributed by atoms with Crippen LogP contribution in [-0.2, 0) is 0 Å². The Morgan fingerprint density at radius 3 is 1.96 bits per heavy atom. The first-order valence-electron chi connectivity index (χ1n) is 7.14. The van der Waals surface area contributed by atoms with Gasteiger partial charge >= 0.3 is 0 Å². The van der Waals surface area contributed by atoms with Gasteiger partial charge in [-0.25, -0.2) is 9.97 Å². The van der Waals surface area contributed by atoms with E-state index in [1.807, 2.05) is 6.07 Å². The highest BCUT2D eigenvalue weighted by Crippen LogP contribution is 2.19. The standard InChI is InChI=1S/C15H14N6O2/c16-9-12-1-3-14(17-10-12)19-5-7-20(8-6-19)15-4-2-13(11-18-15)21(22)23/h1-4,10-11H,5-8H2. The van der Waals surface area contributed by atoms with Crippen molar-refractivity contribution in [3.05, 3.63) is 52.3 Å². The van der Waals surface area contributed by atoms with Gasteiger partial charge in [-0.1, -0.05) is 0 Å². The number of hydrogen-bond donors (Lipinski definition) is 0. The van der Waals surface area contributed by atoms with Crippen molar-refractivity contribution in [1.29, 1.82) is 5.26 Å². The summed E-state index contributed by atoms with van der Waals surface area (Å²) in [6.45, 7) is 3.06. The molecule has 0 bridgehead atoms. The summed E-state index contributed by atoms with van der Waals surface area (Å²) in [5, 5.41) is 19.4. The molecule has 0 amide bonds. The summed E-state index contributed by atoms with van der Waals surface area (Å²) in [6, 6.07) is 8.80. The average molecular weight is 310 g/mol. The Morgan fingerprint density at radius 2 is 1.57 bits per heavy atom. The van der Waals surface area contributed by atoms with E-state index in [0.29, 0.717) is 5.56 Å². The van der Waals surface area contributed by atoms with E-state index in [4.69, 9.17) is 5.26 Å². The highest BCUT2D eigenvalue weighted by atomic mass is 16.6. The SMILES string of the molecule is N#Cc1ccc(N2CCN(c3ccc([N+](=O)[O-])cn3)CC2)nc1. The van der Waals surface area contributed by atoms with Crippen LogP contribution in [0, 0.1) is 21.4 Å². The number of nitrogens with zero attached hydrogens (tertiary/aromatic N) is 6. The molecule has 23 heavy (non-hydrogen) atoms. The largest absolute Gasteiger partial charge is 0.353 e. The number of nitro groups is 1. The molecule has 2 aromatic heterocycles. The molecule has 1 aliphatic heterocycles. The molecule has 0 spiro atoms. The third-order valence-electron chi connectivity index (χ3n) is 3.75. The third kappa shape index (κ3) is 3.18. The fraction of sp³-hybridized carbons (Fsp3) is 0.267. The van der Waals surface area contributed by atoms with Crippen LogP contribution in [-0.4, -0.2) is 41.1 Å². The maximum Gasteiger partial charge on any atom is 0.287 e. The smallest absolute Gasteiger partial charge is 0.287 e. The quantitative estimate of drug-likeness (QED) is 0.627. The Morgan fingerprint density at radius 1 is 1.00 bits per heavy atom. The summed E-state index contributed by atoms with van der Waals surface area (Å²) in [7, 11) is 0. The number of pyridine rings is 2. The zero-order valence-electron chi connectivity index (χ0n) is 12.3. The summed E-state index contributed by atoms with van der Waals surface area (Å²) >= 11 is 0. The minimum absolute atomic E-state index is 0.00540. The Balaban J connectivity index is 1.63. The van der Waals surface area contributed by atoms with Crippen LogP contribution in [0.4, 0.5) is 17.3 Å². The number of piperazine rings is 1. The van der Waals surface area contributed by atoms with Crippen LogP contribution in [0.15, 0.2) is 36.7 Å². The van der Waals surface area contributed by atoms with E-state index in [0.717, 1.165) is 37.8 Å². The van der Waals surface area contributed by atoms with Crippen molar-refractivity contribution in [2.45, 2.75) is 0 Å². The molecule has 0 aliphatic carbocycles. The molecule has 116 valence electrons. The van der Waals surface area contributed by atoms with E-state index >= 15 is 0 Å². The van der Waals surface area contributed by atoms with Gasteiger partial charge in [-0.3, -0.25) is 10.1 Å². The Kier molecular flexibility index (Phi) is 4.01. The molecule has 1 fully saturated rings. The summed E-state index contributed by atoms with van der Waals surface area (Å²) in [4.78, 5) is 22.9. The number of aromatic nitrogens is 2. The van der Waals surface area contributed by atoms with Crippen LogP contribution in [0.1, 0.15) is 5.56 Å². The van der Waals surface area contributed by atoms with E-state index in [9.17, 15) is 10.1 Å². The van der Waals surface area contributed by atoms with Gasteiger partial charge in [-0.15, -0.1) is 0 Å². The van der Waals surface area contributed by atoms with E-state index < -0.39 is 4.92 Å². The first-order chi connectivity index (χ1) is 11.2. The van der Waals surface area contributed by atoms with Gasteiger partial charge in [0.15, 0.2) is 0 Å². The zero-order valence-corrected chi connectivity index (χ0v) is 12.3. The Bertz CT molecular complexity index is 730. The molecule has 1 saturated heterocycles. The van der Waals surface area contributed by atoms with Crippen molar-refractivity contribution in [2.75, 3.05) is 36.0 Å². The second-order valence-corrected chi connectivity index (χ2v) is 5.12. The number of rotatable bonds is 3. The number of hydrogen-bond acceptors (Lipinski definition) is 7. The van der Waals surface area contributed by atoms with Crippen LogP contribution in [0.3, 0.4) is 0 Å². The summed E-state index contributed by atoms with van der Waals surface area (Å²) in [5.74, 6) is 1.59. The highest BCUT2D eigenvalue weighted by Gasteiger charge is 2.19. The minimum Gasteiger partial charge on any atom is -0.353 e. The number of anilines is 2. The van der Waals surface area contributed by atoms with Crippen LogP contribution in [0.25, 0.3) is 0 Å². The molecule has 3 rings (SSSR count). The van der Waals surface area contributed by atoms with Gasteiger partial charge in [-0.2, -0.15) is 5.26 Å². The molecular weight excluding hydrogens is 296 g/mol. The van der Waals surface area contributed by atoms with Crippen LogP contribution in [0.2, 0.25) is 0 Å². The lowest BCUT2D eigenvalue weighted by molar-refractivity contribution is -0.385. The van der Waals surface area contributed by atoms with E-state index in [-0.39, 0.29) is 5.69 Å². The van der Waals surface area contributed by atoms with E-state index in [1.165, 1.54) is 12.3 Å². The predicted molar refractivity (Wildman–Crippen MR) is 84.3 cm³/mol. The van der Waals surface area contributed by atoms with Crippen molar-refractivity contribution >= 4 is 17.3 Å². The van der Waals surface area contributed by atoms with Gasteiger partial charge in [0.25, 0.3) is 5.69 Å². The van der Waals surface area contributed by atoms with Crippen molar-refractivity contribution < 1.29 is 4.92 Å². The monoisotopic (exact) mass is 310 g/mol. The van der Waals surface area contributed by atoms with E-state index in [1.54, 1.807) is 18.3 Å². The van der Waals surface area contributed by atoms with Gasteiger partial charge in [-0.05, 0) is 18.2 Å². The molecule has 3 heterocycles. The first kappa shape index (κ1) is 14.7. The van der Waals surface area contributed by atoms with Gasteiger partial charge in [0.05, 0.1) is 10.5 Å². The van der Waals surface area contributed by atoms with Crippen molar-refractivity contribution in [1.82, 2.24) is 9.97 Å². The molecular formula is C15H14N6O2. The molecule has 0 N–H and O–H groups in total. The van der Waals surface area contributed by atoms with Crippen molar-refractivity contribution in [3.8, 4) is 6.07 Å². The summed E-state index contributed by atoms with van der Waals surface area (Å²) in [5.41, 5.74) is 0.539. The topological polar surface area (TPSA) is 99.2 Å². The minimum atomic E-state index is -0.453. The second-order valence-electron chi connectivity index (χ2n) is 5.12. The lowest BCUT2D eigenvalue weighted by Gasteiger charge is -2.36. The van der Waals surface area contributed by atoms with Gasteiger partial charge in [0, 0.05) is 38.4 Å². The maximum atomic E-state index is 10.7. The first-order valence-corrected chi connectivity index (χ1v) is 7.14. The molecule has 0 aromatic carbocycles. The molecule has 0 unspecified atom stereocenters. The lowest BCUT2D eigenvalue weighted by atomic mass is 10.2. The molecule has 1 aliphatic rings. The summed E-state index contributed by atoms with van der Waals surface area (Å²) in [6.07, 6.45) is 2.85. The fourth-order valence-corrected chi connectivity index (χ4v) is 2.48. The third-order valence-corrected chi connectivity index (χ3v) is 3.75.